The molecule has 3 heterocycles. The summed E-state index contributed by atoms with van der Waals surface area (Å²) >= 11 is 0. The molecular formula is C14H18N6. The zero-order valence-corrected chi connectivity index (χ0v) is 11.9. The molecule has 0 spiro atoms. The Morgan fingerprint density at radius 2 is 2.20 bits per heavy atom. The number of aryl methyl sites for hydroxylation is 2. The van der Waals surface area contributed by atoms with Crippen LogP contribution in [-0.4, -0.2) is 24.3 Å². The molecule has 3 rings (SSSR count). The van der Waals surface area contributed by atoms with Crippen LogP contribution in [-0.2, 0) is 6.54 Å². The Kier molecular flexibility index (Phi) is 2.93. The number of nitrogens with two attached hydrogens (primary N) is 1. The molecule has 0 saturated carbocycles. The van der Waals surface area contributed by atoms with E-state index in [9.17, 15) is 0 Å². The molecule has 1 atom stereocenters. The molecule has 0 aliphatic rings. The van der Waals surface area contributed by atoms with Gasteiger partial charge in [-0.3, -0.25) is 9.55 Å². The van der Waals surface area contributed by atoms with Crippen molar-refractivity contribution in [1.29, 1.82) is 0 Å². The normalized spacial score (nSPS) is 12.9. The van der Waals surface area contributed by atoms with E-state index >= 15 is 0 Å². The van der Waals surface area contributed by atoms with E-state index in [4.69, 9.17) is 5.73 Å². The topological polar surface area (TPSA) is 74.6 Å². The van der Waals surface area contributed by atoms with E-state index in [0.717, 1.165) is 29.0 Å². The fraction of sp³-hybridized carbons (Fsp3) is 0.357. The van der Waals surface area contributed by atoms with Gasteiger partial charge in [-0.2, -0.15) is 5.10 Å². The highest BCUT2D eigenvalue weighted by molar-refractivity contribution is 5.78. The summed E-state index contributed by atoms with van der Waals surface area (Å²) in [6.07, 6.45) is 3.62. The molecular weight excluding hydrogens is 252 g/mol. The summed E-state index contributed by atoms with van der Waals surface area (Å²) in [4.78, 5) is 8.64. The lowest BCUT2D eigenvalue weighted by atomic mass is 10.1. The largest absolute Gasteiger partial charge is 0.369 e. The molecule has 20 heavy (non-hydrogen) atoms. The van der Waals surface area contributed by atoms with Gasteiger partial charge >= 0.3 is 0 Å². The Bertz CT molecular complexity index is 740. The van der Waals surface area contributed by atoms with Gasteiger partial charge in [0.2, 0.25) is 5.95 Å². The van der Waals surface area contributed by atoms with Crippen LogP contribution >= 0.6 is 0 Å². The van der Waals surface area contributed by atoms with Gasteiger partial charge in [-0.25, -0.2) is 9.67 Å². The number of pyridine rings is 1. The van der Waals surface area contributed by atoms with Crippen molar-refractivity contribution in [3.8, 4) is 0 Å². The predicted octanol–water partition coefficient (Wildman–Crippen LogP) is 2.15. The third-order valence-corrected chi connectivity index (χ3v) is 3.62. The van der Waals surface area contributed by atoms with E-state index < -0.39 is 0 Å². The second-order valence-corrected chi connectivity index (χ2v) is 4.88. The summed E-state index contributed by atoms with van der Waals surface area (Å²) in [7, 11) is 0. The molecule has 6 heteroatoms. The lowest BCUT2D eigenvalue weighted by Crippen LogP contribution is -2.13. The van der Waals surface area contributed by atoms with Crippen LogP contribution in [0.25, 0.3) is 11.2 Å². The van der Waals surface area contributed by atoms with Crippen LogP contribution in [0.1, 0.15) is 31.1 Å². The summed E-state index contributed by atoms with van der Waals surface area (Å²) in [6.45, 7) is 6.90. The van der Waals surface area contributed by atoms with E-state index in [2.05, 4.69) is 28.9 Å². The minimum absolute atomic E-state index is 0.0649. The first kappa shape index (κ1) is 12.7. The smallest absolute Gasteiger partial charge is 0.203 e. The lowest BCUT2D eigenvalue weighted by Gasteiger charge is -2.16. The first-order chi connectivity index (χ1) is 9.63. The molecule has 6 nitrogen and oxygen atoms in total. The Morgan fingerprint density at radius 3 is 2.85 bits per heavy atom. The van der Waals surface area contributed by atoms with Gasteiger partial charge in [0.25, 0.3) is 0 Å². The number of hydrogen-bond acceptors (Lipinski definition) is 4. The maximum atomic E-state index is 6.12. The number of nitrogen functional groups attached to an aromatic ring is 1. The molecule has 0 radical (unpaired) electrons. The maximum absolute atomic E-state index is 6.12. The first-order valence-electron chi connectivity index (χ1n) is 6.74. The van der Waals surface area contributed by atoms with Gasteiger partial charge in [0.15, 0.2) is 5.65 Å². The van der Waals surface area contributed by atoms with Gasteiger partial charge in [0, 0.05) is 18.9 Å². The van der Waals surface area contributed by atoms with Crippen LogP contribution in [0.2, 0.25) is 0 Å². The molecule has 0 saturated heterocycles. The third kappa shape index (κ3) is 1.76. The van der Waals surface area contributed by atoms with Gasteiger partial charge in [-0.1, -0.05) is 6.07 Å². The second-order valence-electron chi connectivity index (χ2n) is 4.88. The third-order valence-electron chi connectivity index (χ3n) is 3.62. The standard InChI is InChI=1S/C14H18N6/c1-4-19-13-12(9(2)18-19)17-14(15)20(13)10(3)11-6-5-7-16-8-11/h5-8,10H,4H2,1-3H3,(H2,15,17). The number of rotatable bonds is 3. The highest BCUT2D eigenvalue weighted by Gasteiger charge is 2.21. The average Bonchev–Trinajstić information content (AvgIpc) is 2.96. The molecule has 2 N–H and O–H groups in total. The van der Waals surface area contributed by atoms with Crippen molar-refractivity contribution in [1.82, 2.24) is 24.3 Å². The molecule has 0 aliphatic carbocycles. The number of hydrogen-bond donors (Lipinski definition) is 1. The summed E-state index contributed by atoms with van der Waals surface area (Å²) in [5.74, 6) is 0.513. The zero-order valence-electron chi connectivity index (χ0n) is 11.9. The quantitative estimate of drug-likeness (QED) is 0.791. The lowest BCUT2D eigenvalue weighted by molar-refractivity contribution is 0.606. The molecule has 0 amide bonds. The van der Waals surface area contributed by atoms with E-state index in [1.165, 1.54) is 0 Å². The Morgan fingerprint density at radius 1 is 1.40 bits per heavy atom. The molecule has 3 aromatic heterocycles. The maximum Gasteiger partial charge on any atom is 0.203 e. The van der Waals surface area contributed by atoms with Crippen molar-refractivity contribution in [3.05, 3.63) is 35.8 Å². The van der Waals surface area contributed by atoms with E-state index in [1.54, 1.807) is 6.20 Å². The number of imidazole rings is 1. The summed E-state index contributed by atoms with van der Waals surface area (Å²) < 4.78 is 3.97. The van der Waals surface area contributed by atoms with Crippen LogP contribution in [0.5, 0.6) is 0 Å². The van der Waals surface area contributed by atoms with E-state index in [1.807, 2.05) is 34.5 Å². The Balaban J connectivity index is 2.23. The van der Waals surface area contributed by atoms with Crippen molar-refractivity contribution in [3.63, 3.8) is 0 Å². The SMILES string of the molecule is CCn1nc(C)c2nc(N)n(C(C)c3cccnc3)c21. The van der Waals surface area contributed by atoms with Crippen LogP contribution in [0.4, 0.5) is 5.95 Å². The number of aromatic nitrogens is 5. The van der Waals surface area contributed by atoms with Gasteiger partial charge in [-0.15, -0.1) is 0 Å². The Hall–Kier alpha value is -2.37. The van der Waals surface area contributed by atoms with Crippen molar-refractivity contribution in [2.45, 2.75) is 33.4 Å². The van der Waals surface area contributed by atoms with Crippen LogP contribution in [0, 0.1) is 6.92 Å². The predicted molar refractivity (Wildman–Crippen MR) is 78.4 cm³/mol. The van der Waals surface area contributed by atoms with Gasteiger partial charge < -0.3 is 5.73 Å². The fourth-order valence-electron chi connectivity index (χ4n) is 2.58. The molecule has 0 bridgehead atoms. The van der Waals surface area contributed by atoms with Crippen molar-refractivity contribution in [2.75, 3.05) is 5.73 Å². The van der Waals surface area contributed by atoms with E-state index in [-0.39, 0.29) is 6.04 Å². The molecule has 0 aliphatic heterocycles. The van der Waals surface area contributed by atoms with Gasteiger partial charge in [0.1, 0.15) is 5.52 Å². The highest BCUT2D eigenvalue weighted by Crippen LogP contribution is 2.28. The molecule has 0 fully saturated rings. The monoisotopic (exact) mass is 270 g/mol. The number of fused-ring (bicyclic) bond motifs is 1. The fourth-order valence-corrected chi connectivity index (χ4v) is 2.58. The average molecular weight is 270 g/mol. The van der Waals surface area contributed by atoms with Crippen LogP contribution < -0.4 is 5.73 Å². The zero-order chi connectivity index (χ0) is 14.3. The van der Waals surface area contributed by atoms with Crippen LogP contribution in [0.3, 0.4) is 0 Å². The molecule has 1 unspecified atom stereocenters. The van der Waals surface area contributed by atoms with Gasteiger partial charge in [-0.05, 0) is 32.4 Å². The molecule has 104 valence electrons. The molecule has 0 aromatic carbocycles. The number of anilines is 1. The second kappa shape index (κ2) is 4.63. The van der Waals surface area contributed by atoms with Crippen molar-refractivity contribution >= 4 is 17.1 Å². The summed E-state index contributed by atoms with van der Waals surface area (Å²) in [6, 6.07) is 4.04. The minimum Gasteiger partial charge on any atom is -0.369 e. The number of nitrogens with zero attached hydrogens (tertiary/aromatic N) is 5. The molecule has 3 aromatic rings. The summed E-state index contributed by atoms with van der Waals surface area (Å²) in [5.41, 5.74) is 9.97. The Labute approximate surface area is 117 Å². The van der Waals surface area contributed by atoms with Gasteiger partial charge in [0.05, 0.1) is 11.7 Å². The minimum atomic E-state index is 0.0649. The van der Waals surface area contributed by atoms with E-state index in [0.29, 0.717) is 5.95 Å². The van der Waals surface area contributed by atoms with Crippen molar-refractivity contribution in [2.24, 2.45) is 0 Å². The first-order valence-corrected chi connectivity index (χ1v) is 6.74. The van der Waals surface area contributed by atoms with Crippen molar-refractivity contribution < 1.29 is 0 Å². The summed E-state index contributed by atoms with van der Waals surface area (Å²) in [5, 5.41) is 4.51. The van der Waals surface area contributed by atoms with Crippen LogP contribution in [0.15, 0.2) is 24.5 Å². The highest BCUT2D eigenvalue weighted by atomic mass is 15.4.